The Morgan fingerprint density at radius 1 is 0.839 bits per heavy atom. The van der Waals surface area contributed by atoms with Gasteiger partial charge in [-0.3, -0.25) is 14.4 Å². The van der Waals surface area contributed by atoms with Gasteiger partial charge in [0.25, 0.3) is 5.91 Å². The van der Waals surface area contributed by atoms with Crippen LogP contribution in [-0.2, 0) is 23.9 Å². The summed E-state index contributed by atoms with van der Waals surface area (Å²) >= 11 is 0. The van der Waals surface area contributed by atoms with E-state index in [1.807, 2.05) is 32.0 Å². The molecule has 8 heteroatoms. The Morgan fingerprint density at radius 3 is 2.23 bits per heavy atom. The summed E-state index contributed by atoms with van der Waals surface area (Å²) in [4.78, 5) is 47.4. The molecule has 0 fully saturated rings. The first kappa shape index (κ1) is 23.6. The van der Waals surface area contributed by atoms with E-state index in [0.29, 0.717) is 16.9 Å². The molecule has 2 rings (SSSR count). The smallest absolute Gasteiger partial charge is 0.338 e. The maximum atomic E-state index is 12.0. The Balaban J connectivity index is 1.72. The van der Waals surface area contributed by atoms with E-state index in [1.165, 1.54) is 12.1 Å². The third-order valence-electron chi connectivity index (χ3n) is 4.27. The molecule has 31 heavy (non-hydrogen) atoms. The summed E-state index contributed by atoms with van der Waals surface area (Å²) in [6.45, 7) is 5.35. The Morgan fingerprint density at radius 2 is 1.55 bits per heavy atom. The fourth-order valence-electron chi connectivity index (χ4n) is 2.62. The molecule has 0 bridgehead atoms. The van der Waals surface area contributed by atoms with Crippen LogP contribution in [0.2, 0.25) is 0 Å². The molecule has 0 atom stereocenters. The third-order valence-corrected chi connectivity index (χ3v) is 4.27. The quantitative estimate of drug-likeness (QED) is 0.595. The summed E-state index contributed by atoms with van der Waals surface area (Å²) in [5.41, 5.74) is 3.42. The van der Waals surface area contributed by atoms with Crippen molar-refractivity contribution in [3.05, 3.63) is 59.2 Å². The maximum Gasteiger partial charge on any atom is 0.338 e. The molecule has 0 aliphatic heterocycles. The van der Waals surface area contributed by atoms with E-state index in [4.69, 9.17) is 9.47 Å². The lowest BCUT2D eigenvalue weighted by atomic mass is 10.1. The molecule has 2 amide bonds. The van der Waals surface area contributed by atoms with Crippen LogP contribution in [0.5, 0.6) is 0 Å². The van der Waals surface area contributed by atoms with Crippen molar-refractivity contribution >= 4 is 35.1 Å². The van der Waals surface area contributed by atoms with E-state index >= 15 is 0 Å². The van der Waals surface area contributed by atoms with Gasteiger partial charge in [-0.15, -0.1) is 0 Å². The monoisotopic (exact) mass is 426 g/mol. The number of esters is 2. The molecule has 0 aromatic heterocycles. The van der Waals surface area contributed by atoms with Crippen molar-refractivity contribution in [1.29, 1.82) is 0 Å². The van der Waals surface area contributed by atoms with Crippen molar-refractivity contribution in [2.45, 2.75) is 33.6 Å². The zero-order chi connectivity index (χ0) is 22.8. The number of amides is 2. The van der Waals surface area contributed by atoms with E-state index in [1.54, 1.807) is 19.1 Å². The number of carbonyl (C=O) groups is 4. The van der Waals surface area contributed by atoms with Crippen LogP contribution >= 0.6 is 0 Å². The summed E-state index contributed by atoms with van der Waals surface area (Å²) < 4.78 is 9.82. The largest absolute Gasteiger partial charge is 0.462 e. The Hall–Kier alpha value is -3.68. The second-order valence-corrected chi connectivity index (χ2v) is 6.87. The molecule has 2 N–H and O–H groups in total. The second kappa shape index (κ2) is 11.5. The maximum absolute atomic E-state index is 12.0. The van der Waals surface area contributed by atoms with E-state index in [0.717, 1.165) is 11.1 Å². The van der Waals surface area contributed by atoms with E-state index in [9.17, 15) is 19.2 Å². The van der Waals surface area contributed by atoms with Crippen LogP contribution in [0.25, 0.3) is 0 Å². The molecule has 0 saturated heterocycles. The molecule has 2 aromatic rings. The first-order chi connectivity index (χ1) is 14.8. The number of aryl methyl sites for hydroxylation is 2. The highest BCUT2D eigenvalue weighted by atomic mass is 16.5. The lowest BCUT2D eigenvalue weighted by molar-refractivity contribution is -0.147. The molecule has 0 unspecified atom stereocenters. The highest BCUT2D eigenvalue weighted by Crippen LogP contribution is 2.16. The van der Waals surface area contributed by atoms with Crippen LogP contribution < -0.4 is 10.6 Å². The molecule has 0 aliphatic carbocycles. The average molecular weight is 426 g/mol. The van der Waals surface area contributed by atoms with E-state index < -0.39 is 24.5 Å². The van der Waals surface area contributed by atoms with Crippen LogP contribution in [0.15, 0.2) is 42.5 Å². The van der Waals surface area contributed by atoms with Gasteiger partial charge in [-0.05, 0) is 62.2 Å². The van der Waals surface area contributed by atoms with Crippen molar-refractivity contribution in [1.82, 2.24) is 0 Å². The molecule has 0 aliphatic rings. The first-order valence-electron chi connectivity index (χ1n) is 9.88. The number of nitrogens with one attached hydrogen (secondary N) is 2. The van der Waals surface area contributed by atoms with Gasteiger partial charge < -0.3 is 20.1 Å². The van der Waals surface area contributed by atoms with Crippen molar-refractivity contribution in [3.8, 4) is 0 Å². The summed E-state index contributed by atoms with van der Waals surface area (Å²) in [7, 11) is 0. The number of ether oxygens (including phenoxy) is 2. The van der Waals surface area contributed by atoms with E-state index in [2.05, 4.69) is 10.6 Å². The molecule has 0 radical (unpaired) electrons. The van der Waals surface area contributed by atoms with Crippen LogP contribution in [0, 0.1) is 13.8 Å². The fourth-order valence-corrected chi connectivity index (χ4v) is 2.62. The predicted octanol–water partition coefficient (Wildman–Crippen LogP) is 3.38. The van der Waals surface area contributed by atoms with Crippen molar-refractivity contribution in [2.24, 2.45) is 0 Å². The Labute approximate surface area is 180 Å². The standard InChI is InChI=1S/C23H26N2O6/c1-4-30-23(29)17-7-9-18(10-8-17)24-20(26)11-12-22(28)31-14-21(27)25-19-13-15(2)5-6-16(19)3/h5-10,13H,4,11-12,14H2,1-3H3,(H,24,26)(H,25,27). The van der Waals surface area contributed by atoms with Gasteiger partial charge in [0.05, 0.1) is 18.6 Å². The summed E-state index contributed by atoms with van der Waals surface area (Å²) in [6.07, 6.45) is -0.263. The molecule has 2 aromatic carbocycles. The third kappa shape index (κ3) is 7.93. The molecule has 8 nitrogen and oxygen atoms in total. The Bertz CT molecular complexity index is 953. The predicted molar refractivity (Wildman–Crippen MR) is 116 cm³/mol. The number of benzene rings is 2. The molecule has 0 spiro atoms. The van der Waals surface area contributed by atoms with E-state index in [-0.39, 0.29) is 25.4 Å². The van der Waals surface area contributed by atoms with Gasteiger partial charge in [0, 0.05) is 17.8 Å². The minimum absolute atomic E-state index is 0.100. The average Bonchev–Trinajstić information content (AvgIpc) is 2.74. The lowest BCUT2D eigenvalue weighted by Crippen LogP contribution is -2.22. The van der Waals surface area contributed by atoms with Crippen molar-refractivity contribution in [2.75, 3.05) is 23.8 Å². The summed E-state index contributed by atoms with van der Waals surface area (Å²) in [5, 5.41) is 5.32. The van der Waals surface area contributed by atoms with Crippen molar-refractivity contribution in [3.63, 3.8) is 0 Å². The minimum atomic E-state index is -0.649. The first-order valence-corrected chi connectivity index (χ1v) is 9.88. The topological polar surface area (TPSA) is 111 Å². The van der Waals surface area contributed by atoms with Crippen LogP contribution in [0.3, 0.4) is 0 Å². The molecule has 164 valence electrons. The highest BCUT2D eigenvalue weighted by molar-refractivity contribution is 5.95. The van der Waals surface area contributed by atoms with Gasteiger partial charge in [-0.1, -0.05) is 12.1 Å². The second-order valence-electron chi connectivity index (χ2n) is 6.87. The summed E-state index contributed by atoms with van der Waals surface area (Å²) in [6, 6.07) is 11.9. The van der Waals surface area contributed by atoms with Gasteiger partial charge in [0.2, 0.25) is 5.91 Å². The molecule has 0 heterocycles. The van der Waals surface area contributed by atoms with Gasteiger partial charge in [0.15, 0.2) is 6.61 Å². The van der Waals surface area contributed by atoms with Gasteiger partial charge >= 0.3 is 11.9 Å². The van der Waals surface area contributed by atoms with Crippen LogP contribution in [0.1, 0.15) is 41.3 Å². The van der Waals surface area contributed by atoms with Crippen molar-refractivity contribution < 1.29 is 28.7 Å². The number of anilines is 2. The molecular weight excluding hydrogens is 400 g/mol. The van der Waals surface area contributed by atoms with Gasteiger partial charge in [-0.2, -0.15) is 0 Å². The normalized spacial score (nSPS) is 10.2. The molecular formula is C23H26N2O6. The molecule has 0 saturated carbocycles. The zero-order valence-electron chi connectivity index (χ0n) is 17.8. The van der Waals surface area contributed by atoms with Crippen LogP contribution in [-0.4, -0.2) is 37.0 Å². The fraction of sp³-hybridized carbons (Fsp3) is 0.304. The summed E-state index contributed by atoms with van der Waals surface area (Å²) in [5.74, 6) is -1.93. The minimum Gasteiger partial charge on any atom is -0.462 e. The SMILES string of the molecule is CCOC(=O)c1ccc(NC(=O)CCC(=O)OCC(=O)Nc2cc(C)ccc2C)cc1. The number of rotatable bonds is 9. The van der Waals surface area contributed by atoms with Gasteiger partial charge in [-0.25, -0.2) is 4.79 Å². The van der Waals surface area contributed by atoms with Gasteiger partial charge in [0.1, 0.15) is 0 Å². The zero-order valence-corrected chi connectivity index (χ0v) is 17.8. The number of hydrogen-bond acceptors (Lipinski definition) is 6. The van der Waals surface area contributed by atoms with Crippen LogP contribution in [0.4, 0.5) is 11.4 Å². The number of hydrogen-bond donors (Lipinski definition) is 2. The lowest BCUT2D eigenvalue weighted by Gasteiger charge is -2.10. The number of carbonyl (C=O) groups excluding carboxylic acids is 4. The Kier molecular flexibility index (Phi) is 8.75. The highest BCUT2D eigenvalue weighted by Gasteiger charge is 2.12.